The number of rotatable bonds is 5. The predicted molar refractivity (Wildman–Crippen MR) is 76.3 cm³/mol. The summed E-state index contributed by atoms with van der Waals surface area (Å²) < 4.78 is 10.8. The summed E-state index contributed by atoms with van der Waals surface area (Å²) in [5, 5.41) is 8.83. The molecule has 0 N–H and O–H groups in total. The molecular formula is C16H13N3O2. The molecule has 3 aromatic rings. The summed E-state index contributed by atoms with van der Waals surface area (Å²) in [6.45, 7) is 1.20. The minimum atomic E-state index is 0.398. The topological polar surface area (TPSA) is 66.2 Å². The van der Waals surface area contributed by atoms with E-state index in [2.05, 4.69) is 9.88 Å². The number of nitrogens with zero attached hydrogens (tertiary/aromatic N) is 3. The van der Waals surface area contributed by atoms with E-state index in [0.29, 0.717) is 18.8 Å². The maximum absolute atomic E-state index is 8.83. The first-order chi connectivity index (χ1) is 10.3. The van der Waals surface area contributed by atoms with Gasteiger partial charge in [-0.15, -0.1) is 0 Å². The van der Waals surface area contributed by atoms with Gasteiger partial charge in [-0.2, -0.15) is 5.26 Å². The lowest BCUT2D eigenvalue weighted by atomic mass is 10.3. The Morgan fingerprint density at radius 1 is 1.00 bits per heavy atom. The molecule has 104 valence electrons. The molecule has 0 spiro atoms. The molecule has 0 bridgehead atoms. The van der Waals surface area contributed by atoms with Crippen molar-refractivity contribution in [2.75, 3.05) is 4.90 Å². The highest BCUT2D eigenvalue weighted by Crippen LogP contribution is 2.20. The maximum Gasteiger partial charge on any atom is 0.140 e. The van der Waals surface area contributed by atoms with Crippen LogP contribution in [0.25, 0.3) is 0 Å². The summed E-state index contributed by atoms with van der Waals surface area (Å²) in [5.74, 6) is 1.71. The van der Waals surface area contributed by atoms with Gasteiger partial charge in [0.25, 0.3) is 0 Å². The van der Waals surface area contributed by atoms with Crippen molar-refractivity contribution in [2.24, 2.45) is 0 Å². The van der Waals surface area contributed by atoms with Crippen molar-refractivity contribution in [3.63, 3.8) is 0 Å². The van der Waals surface area contributed by atoms with E-state index >= 15 is 0 Å². The van der Waals surface area contributed by atoms with Crippen molar-refractivity contribution >= 4 is 5.69 Å². The van der Waals surface area contributed by atoms with Crippen LogP contribution in [0.4, 0.5) is 5.69 Å². The van der Waals surface area contributed by atoms with Crippen molar-refractivity contribution in [1.82, 2.24) is 4.98 Å². The summed E-state index contributed by atoms with van der Waals surface area (Å²) in [5.41, 5.74) is 1.30. The molecule has 0 saturated heterocycles. The van der Waals surface area contributed by atoms with Gasteiger partial charge in [-0.05, 0) is 36.4 Å². The van der Waals surface area contributed by atoms with Crippen LogP contribution in [-0.2, 0) is 13.1 Å². The van der Waals surface area contributed by atoms with Crippen molar-refractivity contribution in [3.05, 3.63) is 72.3 Å². The Morgan fingerprint density at radius 3 is 2.10 bits per heavy atom. The quantitative estimate of drug-likeness (QED) is 0.716. The van der Waals surface area contributed by atoms with Gasteiger partial charge in [0.2, 0.25) is 0 Å². The Hall–Kier alpha value is -3.00. The maximum atomic E-state index is 8.83. The van der Waals surface area contributed by atoms with E-state index in [1.807, 2.05) is 36.4 Å². The molecule has 0 atom stereocenters. The zero-order valence-corrected chi connectivity index (χ0v) is 11.3. The summed E-state index contributed by atoms with van der Waals surface area (Å²) in [7, 11) is 0. The van der Waals surface area contributed by atoms with Crippen LogP contribution in [0.2, 0.25) is 0 Å². The fourth-order valence-electron chi connectivity index (χ4n) is 2.06. The molecule has 0 aliphatic heterocycles. The van der Waals surface area contributed by atoms with Crippen LogP contribution in [0, 0.1) is 11.3 Å². The van der Waals surface area contributed by atoms with Crippen molar-refractivity contribution in [1.29, 1.82) is 5.26 Å². The summed E-state index contributed by atoms with van der Waals surface area (Å²) in [6, 6.07) is 13.2. The monoisotopic (exact) mass is 279 g/mol. The Balaban J connectivity index is 1.85. The van der Waals surface area contributed by atoms with Gasteiger partial charge in [0, 0.05) is 0 Å². The zero-order valence-electron chi connectivity index (χ0n) is 11.3. The van der Waals surface area contributed by atoms with Gasteiger partial charge < -0.3 is 13.7 Å². The second-order valence-corrected chi connectivity index (χ2v) is 4.53. The van der Waals surface area contributed by atoms with E-state index < -0.39 is 0 Å². The summed E-state index contributed by atoms with van der Waals surface area (Å²) in [4.78, 5) is 6.19. The molecule has 0 amide bonds. The summed E-state index contributed by atoms with van der Waals surface area (Å²) >= 11 is 0. The van der Waals surface area contributed by atoms with E-state index in [-0.39, 0.29) is 0 Å². The Labute approximate surface area is 122 Å². The van der Waals surface area contributed by atoms with E-state index in [1.165, 1.54) is 0 Å². The standard InChI is InChI=1S/C16H13N3O2/c17-9-13-5-6-14(10-18-13)19(11-15-3-1-7-20-15)12-16-4-2-8-21-16/h1-8,10H,11-12H2. The van der Waals surface area contributed by atoms with Gasteiger partial charge in [-0.3, -0.25) is 0 Å². The van der Waals surface area contributed by atoms with Gasteiger partial charge in [0.05, 0.1) is 37.5 Å². The molecule has 0 unspecified atom stereocenters. The van der Waals surface area contributed by atoms with E-state index in [4.69, 9.17) is 14.1 Å². The fourth-order valence-corrected chi connectivity index (χ4v) is 2.06. The number of pyridine rings is 1. The van der Waals surface area contributed by atoms with Crippen LogP contribution >= 0.6 is 0 Å². The molecule has 3 heterocycles. The number of furan rings is 2. The molecule has 21 heavy (non-hydrogen) atoms. The third kappa shape index (κ3) is 3.12. The van der Waals surface area contributed by atoms with Crippen LogP contribution < -0.4 is 4.90 Å². The lowest BCUT2D eigenvalue weighted by Gasteiger charge is -2.22. The zero-order chi connectivity index (χ0) is 14.5. The highest BCUT2D eigenvalue weighted by atomic mass is 16.3. The molecule has 0 fully saturated rings. The molecule has 0 saturated carbocycles. The lowest BCUT2D eigenvalue weighted by Crippen LogP contribution is -2.21. The van der Waals surface area contributed by atoms with Gasteiger partial charge in [0.1, 0.15) is 23.3 Å². The molecule has 3 rings (SSSR count). The van der Waals surface area contributed by atoms with E-state index in [1.54, 1.807) is 24.8 Å². The third-order valence-electron chi connectivity index (χ3n) is 3.08. The van der Waals surface area contributed by atoms with Crippen LogP contribution in [0.3, 0.4) is 0 Å². The van der Waals surface area contributed by atoms with Gasteiger partial charge in [-0.1, -0.05) is 0 Å². The van der Waals surface area contributed by atoms with Gasteiger partial charge in [-0.25, -0.2) is 4.98 Å². The second kappa shape index (κ2) is 5.97. The largest absolute Gasteiger partial charge is 0.467 e. The van der Waals surface area contributed by atoms with Crippen molar-refractivity contribution < 1.29 is 8.83 Å². The highest BCUT2D eigenvalue weighted by molar-refractivity contribution is 5.46. The van der Waals surface area contributed by atoms with Gasteiger partial charge >= 0.3 is 0 Å². The number of hydrogen-bond acceptors (Lipinski definition) is 5. The molecule has 0 radical (unpaired) electrons. The highest BCUT2D eigenvalue weighted by Gasteiger charge is 2.12. The van der Waals surface area contributed by atoms with Crippen LogP contribution in [-0.4, -0.2) is 4.98 Å². The van der Waals surface area contributed by atoms with Crippen LogP contribution in [0.5, 0.6) is 0 Å². The summed E-state index contributed by atoms with van der Waals surface area (Å²) in [6.07, 6.45) is 4.99. The fraction of sp³-hybridized carbons (Fsp3) is 0.125. The number of aromatic nitrogens is 1. The number of hydrogen-bond donors (Lipinski definition) is 0. The molecular weight excluding hydrogens is 266 g/mol. The van der Waals surface area contributed by atoms with Crippen molar-refractivity contribution in [2.45, 2.75) is 13.1 Å². The second-order valence-electron chi connectivity index (χ2n) is 4.53. The molecule has 0 aliphatic rings. The molecule has 0 aromatic carbocycles. The minimum Gasteiger partial charge on any atom is -0.467 e. The van der Waals surface area contributed by atoms with E-state index in [9.17, 15) is 0 Å². The number of nitriles is 1. The Bertz CT molecular complexity index is 674. The van der Waals surface area contributed by atoms with Gasteiger partial charge in [0.15, 0.2) is 0 Å². The lowest BCUT2D eigenvalue weighted by molar-refractivity contribution is 0.476. The van der Waals surface area contributed by atoms with E-state index in [0.717, 1.165) is 17.2 Å². The molecule has 5 heteroatoms. The third-order valence-corrected chi connectivity index (χ3v) is 3.08. The SMILES string of the molecule is N#Cc1ccc(N(Cc2ccco2)Cc2ccco2)cn1. The first-order valence-corrected chi connectivity index (χ1v) is 6.51. The first kappa shape index (κ1) is 13.0. The molecule has 3 aromatic heterocycles. The predicted octanol–water partition coefficient (Wildman–Crippen LogP) is 3.35. The minimum absolute atomic E-state index is 0.398. The smallest absolute Gasteiger partial charge is 0.140 e. The van der Waals surface area contributed by atoms with Crippen molar-refractivity contribution in [3.8, 4) is 6.07 Å². The first-order valence-electron chi connectivity index (χ1n) is 6.51. The van der Waals surface area contributed by atoms with Crippen LogP contribution in [0.1, 0.15) is 17.2 Å². The molecule has 5 nitrogen and oxygen atoms in total. The number of anilines is 1. The average Bonchev–Trinajstić information content (AvgIpc) is 3.20. The Kier molecular flexibility index (Phi) is 3.70. The normalized spacial score (nSPS) is 10.2. The molecule has 0 aliphatic carbocycles. The Morgan fingerprint density at radius 2 is 1.67 bits per heavy atom. The van der Waals surface area contributed by atoms with Crippen LogP contribution in [0.15, 0.2) is 64.0 Å². The average molecular weight is 279 g/mol.